The zero-order chi connectivity index (χ0) is 43.7. The minimum Gasteiger partial charge on any atom is -0.480 e. The number of hydrogen-bond acceptors (Lipinski definition) is 11. The topological polar surface area (TPSA) is 212 Å². The van der Waals surface area contributed by atoms with Crippen molar-refractivity contribution >= 4 is 92.7 Å². The number of sulfone groups is 2. The lowest BCUT2D eigenvalue weighted by molar-refractivity contribution is -0.138. The first-order valence-corrected chi connectivity index (χ1v) is 25.1. The maximum absolute atomic E-state index is 11.8. The van der Waals surface area contributed by atoms with Gasteiger partial charge < -0.3 is 23.8 Å². The number of carboxylic acids is 2. The number of anilines is 1. The van der Waals surface area contributed by atoms with E-state index in [-0.39, 0.29) is 22.9 Å². The molecule has 7 rings (SSSR count). The number of aromatic nitrogens is 2. The summed E-state index contributed by atoms with van der Waals surface area (Å²) in [6, 6.07) is 25.7. The Kier molecular flexibility index (Phi) is 12.7. The van der Waals surface area contributed by atoms with Crippen molar-refractivity contribution in [3.63, 3.8) is 0 Å². The predicted octanol–water partition coefficient (Wildman–Crippen LogP) is 7.81. The smallest absolute Gasteiger partial charge is 0.323 e. The van der Waals surface area contributed by atoms with Crippen molar-refractivity contribution in [2.45, 2.75) is 56.3 Å². The Morgan fingerprint density at radius 1 is 0.633 bits per heavy atom. The number of rotatable bonds is 13. The highest BCUT2D eigenvalue weighted by atomic mass is 32.2. The van der Waals surface area contributed by atoms with Crippen molar-refractivity contribution in [1.82, 2.24) is 9.13 Å². The zero-order valence-corrected chi connectivity index (χ0v) is 36.8. The van der Waals surface area contributed by atoms with E-state index in [1.807, 2.05) is 31.2 Å². The Bertz CT molecular complexity index is 3100. The van der Waals surface area contributed by atoms with E-state index in [4.69, 9.17) is 4.42 Å². The normalized spacial score (nSPS) is 12.0. The molecule has 4 aromatic carbocycles. The Morgan fingerprint density at radius 3 is 1.50 bits per heavy atom. The summed E-state index contributed by atoms with van der Waals surface area (Å²) in [6.07, 6.45) is 6.61. The lowest BCUT2D eigenvalue weighted by Gasteiger charge is -2.08. The third kappa shape index (κ3) is 9.93. The molecule has 0 spiro atoms. The van der Waals surface area contributed by atoms with Gasteiger partial charge in [-0.3, -0.25) is 14.3 Å². The maximum atomic E-state index is 11.8. The molecule has 0 atom stereocenters. The van der Waals surface area contributed by atoms with Gasteiger partial charge in [-0.15, -0.1) is 0 Å². The highest BCUT2D eigenvalue weighted by Gasteiger charge is 2.23. The first-order chi connectivity index (χ1) is 28.1. The molecule has 0 fully saturated rings. The average Bonchev–Trinajstić information content (AvgIpc) is 3.85. The summed E-state index contributed by atoms with van der Waals surface area (Å²) >= 11 is 2.79. The molecule has 0 radical (unpaired) electrons. The van der Waals surface area contributed by atoms with Gasteiger partial charge in [0.15, 0.2) is 19.7 Å². The van der Waals surface area contributed by atoms with Crippen LogP contribution < -0.4 is 4.72 Å². The summed E-state index contributed by atoms with van der Waals surface area (Å²) in [5.74, 6) is -1.94. The van der Waals surface area contributed by atoms with E-state index < -0.39 is 41.6 Å². The first-order valence-electron chi connectivity index (χ1n) is 17.8. The van der Waals surface area contributed by atoms with Crippen LogP contribution in [0.3, 0.4) is 0 Å². The molecule has 0 unspecified atom stereocenters. The van der Waals surface area contributed by atoms with Crippen molar-refractivity contribution in [1.29, 1.82) is 0 Å². The molecule has 0 aliphatic rings. The number of sulfonamides is 1. The van der Waals surface area contributed by atoms with Crippen LogP contribution in [0.2, 0.25) is 0 Å². The molecule has 14 nitrogen and oxygen atoms in total. The van der Waals surface area contributed by atoms with Crippen molar-refractivity contribution in [2.75, 3.05) is 23.5 Å². The summed E-state index contributed by atoms with van der Waals surface area (Å²) < 4.78 is 81.7. The van der Waals surface area contributed by atoms with E-state index in [9.17, 15) is 45.1 Å². The summed E-state index contributed by atoms with van der Waals surface area (Å²) in [4.78, 5) is 26.5. The van der Waals surface area contributed by atoms with Gasteiger partial charge in [0, 0.05) is 59.8 Å². The van der Waals surface area contributed by atoms with Crippen molar-refractivity contribution in [2.24, 2.45) is 0 Å². The predicted molar refractivity (Wildman–Crippen MR) is 232 cm³/mol. The molecule has 0 saturated carbocycles. The number of nitrogens with one attached hydrogen (secondary N) is 1. The number of aliphatic carboxylic acids is 2. The molecule has 60 heavy (non-hydrogen) atoms. The molecule has 0 aliphatic carbocycles. The van der Waals surface area contributed by atoms with E-state index in [0.29, 0.717) is 27.2 Å². The zero-order valence-electron chi connectivity index (χ0n) is 32.7. The number of fused-ring (bicyclic) bond motifs is 2. The minimum absolute atomic E-state index is 0.148. The molecular formula is C41H39N3O11S5. The Balaban J connectivity index is 0.000000201. The van der Waals surface area contributed by atoms with Crippen LogP contribution in [-0.2, 0) is 52.4 Å². The summed E-state index contributed by atoms with van der Waals surface area (Å²) in [5, 5.41) is 20.2. The second-order valence-corrected chi connectivity index (χ2v) is 21.7. The number of benzene rings is 4. The largest absolute Gasteiger partial charge is 0.480 e. The van der Waals surface area contributed by atoms with Gasteiger partial charge in [-0.25, -0.2) is 25.3 Å². The van der Waals surface area contributed by atoms with Gasteiger partial charge in [0.2, 0.25) is 10.0 Å². The van der Waals surface area contributed by atoms with Crippen LogP contribution in [0.5, 0.6) is 0 Å². The number of carbonyl (C=O) groups is 2. The number of carboxylic acid groups (broad SMARTS) is 2. The fourth-order valence-corrected chi connectivity index (χ4v) is 10.6. The van der Waals surface area contributed by atoms with Crippen LogP contribution >= 0.6 is 23.5 Å². The van der Waals surface area contributed by atoms with Gasteiger partial charge in [0.1, 0.15) is 13.1 Å². The molecule has 0 amide bonds. The van der Waals surface area contributed by atoms with E-state index >= 15 is 0 Å². The fourth-order valence-electron chi connectivity index (χ4n) is 6.59. The van der Waals surface area contributed by atoms with Crippen LogP contribution in [0, 0.1) is 13.8 Å². The van der Waals surface area contributed by atoms with Crippen LogP contribution in [0.4, 0.5) is 5.69 Å². The molecule has 3 aromatic heterocycles. The van der Waals surface area contributed by atoms with Crippen molar-refractivity contribution < 1.29 is 49.5 Å². The monoisotopic (exact) mass is 909 g/mol. The van der Waals surface area contributed by atoms with E-state index in [0.717, 1.165) is 54.9 Å². The SMILES string of the molecule is Cc1c(Sc2ccc(S(C)(=O)=O)cc2)c2c(-c3ccoc3)cccc2n1CC(=O)O.Cc1c(Sc2ccc(S(C)(=O)=O)cc2)c2c(NS(C)(=O)=O)cccc2n1CC(=O)O. The molecular weight excluding hydrogens is 871 g/mol. The molecule has 3 heterocycles. The highest BCUT2D eigenvalue weighted by molar-refractivity contribution is 8.00. The van der Waals surface area contributed by atoms with Crippen LogP contribution in [0.25, 0.3) is 32.9 Å². The van der Waals surface area contributed by atoms with E-state index in [1.54, 1.807) is 83.2 Å². The number of furan rings is 1. The Hall–Kier alpha value is -5.47. The summed E-state index contributed by atoms with van der Waals surface area (Å²) in [6.45, 7) is 3.23. The standard InChI is InChI=1S/C22H19NO5S2.C19H20N2O6S3/c1-14-22(29-16-6-8-17(9-7-16)30(2,26)27)21-18(15-10-11-28-13-15)4-3-5-19(21)23(14)12-20(24)25;1-12-19(28-13-7-9-14(10-8-13)29(2,24)25)18-15(20-30(3,26)27)5-4-6-16(18)21(12)11-17(22)23/h3-11,13H,12H2,1-2H3,(H,24,25);4-10,20H,11H2,1-3H3,(H,22,23). The van der Waals surface area contributed by atoms with Gasteiger partial charge >= 0.3 is 11.9 Å². The van der Waals surface area contributed by atoms with Gasteiger partial charge in [0.25, 0.3) is 0 Å². The highest BCUT2D eigenvalue weighted by Crippen LogP contribution is 2.44. The Morgan fingerprint density at radius 2 is 1.08 bits per heavy atom. The van der Waals surface area contributed by atoms with E-state index in [1.165, 1.54) is 41.9 Å². The van der Waals surface area contributed by atoms with Gasteiger partial charge in [-0.05, 0) is 92.2 Å². The van der Waals surface area contributed by atoms with Crippen molar-refractivity contribution in [3.05, 3.63) is 115 Å². The maximum Gasteiger partial charge on any atom is 0.323 e. The average molecular weight is 910 g/mol. The quantitative estimate of drug-likeness (QED) is 0.101. The fraction of sp³-hybridized carbons (Fsp3) is 0.171. The van der Waals surface area contributed by atoms with Crippen LogP contribution in [0.1, 0.15) is 11.4 Å². The van der Waals surface area contributed by atoms with Gasteiger partial charge in [-0.2, -0.15) is 0 Å². The van der Waals surface area contributed by atoms with Crippen molar-refractivity contribution in [3.8, 4) is 11.1 Å². The molecule has 7 aromatic rings. The third-order valence-electron chi connectivity index (χ3n) is 9.25. The first kappa shape index (κ1) is 44.1. The molecule has 314 valence electrons. The number of nitrogens with zero attached hydrogens (tertiary/aromatic N) is 2. The third-order valence-corrected chi connectivity index (χ3v) is 14.5. The van der Waals surface area contributed by atoms with Gasteiger partial charge in [-0.1, -0.05) is 41.7 Å². The molecule has 3 N–H and O–H groups in total. The Labute approximate surface area is 355 Å². The second-order valence-electron chi connectivity index (χ2n) is 13.8. The second kappa shape index (κ2) is 17.3. The minimum atomic E-state index is -3.56. The molecule has 0 bridgehead atoms. The van der Waals surface area contributed by atoms with Crippen LogP contribution in [-0.4, -0.2) is 75.3 Å². The lowest BCUT2D eigenvalue weighted by Crippen LogP contribution is -2.10. The molecule has 0 saturated heterocycles. The summed E-state index contributed by atoms with van der Waals surface area (Å²) in [7, 11) is -10.2. The lowest BCUT2D eigenvalue weighted by atomic mass is 10.0. The summed E-state index contributed by atoms with van der Waals surface area (Å²) in [5.41, 5.74) is 5.10. The van der Waals surface area contributed by atoms with Crippen LogP contribution in [0.15, 0.2) is 137 Å². The molecule has 19 heteroatoms. The van der Waals surface area contributed by atoms with Gasteiger partial charge in [0.05, 0.1) is 45.3 Å². The number of hydrogen-bond donors (Lipinski definition) is 3. The molecule has 0 aliphatic heterocycles. The van der Waals surface area contributed by atoms with E-state index in [2.05, 4.69) is 4.72 Å².